The minimum absolute atomic E-state index is 0.430. The Labute approximate surface area is 115 Å². The Morgan fingerprint density at radius 2 is 2.26 bits per heavy atom. The number of nitrogens with one attached hydrogen (secondary N) is 1. The van der Waals surface area contributed by atoms with Crippen LogP contribution in [0.2, 0.25) is 0 Å². The number of hydrogen-bond donors (Lipinski definition) is 2. The molecule has 106 valence electrons. The van der Waals surface area contributed by atoms with Crippen molar-refractivity contribution >= 4 is 11.7 Å². The molecule has 0 saturated heterocycles. The number of hydrazone groups is 1. The van der Waals surface area contributed by atoms with Crippen molar-refractivity contribution in [2.45, 2.75) is 52.9 Å². The van der Waals surface area contributed by atoms with Crippen LogP contribution in [0.25, 0.3) is 0 Å². The summed E-state index contributed by atoms with van der Waals surface area (Å²) in [5.41, 5.74) is 11.2. The van der Waals surface area contributed by atoms with E-state index >= 15 is 0 Å². The highest BCUT2D eigenvalue weighted by Crippen LogP contribution is 2.27. The van der Waals surface area contributed by atoms with Gasteiger partial charge < -0.3 is 5.73 Å². The Hall–Kier alpha value is -1.58. The van der Waals surface area contributed by atoms with Gasteiger partial charge in [0.2, 0.25) is 0 Å². The van der Waals surface area contributed by atoms with Crippen molar-refractivity contribution < 1.29 is 4.79 Å². The molecular weight excluding hydrogens is 238 g/mol. The molecule has 4 heteroatoms. The number of hydrogen-bond acceptors (Lipinski definition) is 2. The van der Waals surface area contributed by atoms with Crippen LogP contribution in [0.5, 0.6) is 0 Å². The molecule has 0 aromatic carbocycles. The van der Waals surface area contributed by atoms with E-state index in [1.165, 1.54) is 5.57 Å². The molecule has 0 radical (unpaired) electrons. The lowest BCUT2D eigenvalue weighted by Crippen LogP contribution is -2.27. The van der Waals surface area contributed by atoms with Gasteiger partial charge >= 0.3 is 6.03 Å². The average molecular weight is 263 g/mol. The van der Waals surface area contributed by atoms with Gasteiger partial charge in [0.05, 0.1) is 0 Å². The first-order chi connectivity index (χ1) is 8.99. The monoisotopic (exact) mass is 263 g/mol. The van der Waals surface area contributed by atoms with Gasteiger partial charge in [0.1, 0.15) is 0 Å². The molecule has 1 aliphatic rings. The number of allylic oxidation sites excluding steroid dienone is 4. The maximum Gasteiger partial charge on any atom is 0.332 e. The van der Waals surface area contributed by atoms with Gasteiger partial charge in [-0.2, -0.15) is 5.10 Å². The molecule has 4 nitrogen and oxygen atoms in total. The zero-order valence-corrected chi connectivity index (χ0v) is 12.2. The highest BCUT2D eigenvalue weighted by Gasteiger charge is 2.16. The fourth-order valence-corrected chi connectivity index (χ4v) is 2.28. The standard InChI is InChI=1S/C15H25N3O/c1-11(2)5-4-6-13-7-9-14(10-8-13)12(3)17-18-15(16)19/h5,7,14H,4,6,8-10H2,1-3H3,(H3,16,18,19)/b17-12-. The largest absolute Gasteiger partial charge is 0.350 e. The van der Waals surface area contributed by atoms with Gasteiger partial charge in [0, 0.05) is 11.6 Å². The summed E-state index contributed by atoms with van der Waals surface area (Å²) < 4.78 is 0. The van der Waals surface area contributed by atoms with E-state index < -0.39 is 6.03 Å². The number of nitrogens with two attached hydrogens (primary N) is 1. The summed E-state index contributed by atoms with van der Waals surface area (Å²) in [5, 5.41) is 4.01. The van der Waals surface area contributed by atoms with Crippen LogP contribution >= 0.6 is 0 Å². The van der Waals surface area contributed by atoms with Crippen LogP contribution in [-0.2, 0) is 0 Å². The van der Waals surface area contributed by atoms with Crippen molar-refractivity contribution in [2.24, 2.45) is 16.8 Å². The van der Waals surface area contributed by atoms with E-state index in [0.29, 0.717) is 5.92 Å². The molecule has 0 aromatic heterocycles. The molecule has 0 bridgehead atoms. The van der Waals surface area contributed by atoms with Crippen LogP contribution in [0.4, 0.5) is 4.79 Å². The van der Waals surface area contributed by atoms with Gasteiger partial charge in [-0.3, -0.25) is 0 Å². The third-order valence-electron chi connectivity index (χ3n) is 3.46. The van der Waals surface area contributed by atoms with Gasteiger partial charge in [0.15, 0.2) is 0 Å². The minimum Gasteiger partial charge on any atom is -0.350 e. The smallest absolute Gasteiger partial charge is 0.332 e. The first-order valence-corrected chi connectivity index (χ1v) is 6.90. The summed E-state index contributed by atoms with van der Waals surface area (Å²) in [5.74, 6) is 0.430. The maximum absolute atomic E-state index is 10.6. The Bertz CT molecular complexity index is 404. The molecule has 1 atom stereocenters. The molecule has 1 aliphatic carbocycles. The Balaban J connectivity index is 2.42. The second kappa shape index (κ2) is 7.77. The summed E-state index contributed by atoms with van der Waals surface area (Å²) in [7, 11) is 0. The van der Waals surface area contributed by atoms with E-state index in [0.717, 1.165) is 37.8 Å². The second-order valence-corrected chi connectivity index (χ2v) is 5.38. The predicted octanol–water partition coefficient (Wildman–Crippen LogP) is 3.50. The molecule has 3 N–H and O–H groups in total. The highest BCUT2D eigenvalue weighted by molar-refractivity contribution is 5.86. The third kappa shape index (κ3) is 6.22. The third-order valence-corrected chi connectivity index (χ3v) is 3.46. The summed E-state index contributed by atoms with van der Waals surface area (Å²) in [6, 6.07) is -0.604. The van der Waals surface area contributed by atoms with E-state index in [1.54, 1.807) is 5.57 Å². The van der Waals surface area contributed by atoms with Crippen LogP contribution in [0.15, 0.2) is 28.4 Å². The fourth-order valence-electron chi connectivity index (χ4n) is 2.28. The Kier molecular flexibility index (Phi) is 6.33. The number of nitrogens with zero attached hydrogens (tertiary/aromatic N) is 1. The van der Waals surface area contributed by atoms with Gasteiger partial charge in [0.25, 0.3) is 0 Å². The number of carbonyl (C=O) groups excluding carboxylic acids is 1. The van der Waals surface area contributed by atoms with E-state index in [2.05, 4.69) is 36.5 Å². The quantitative estimate of drug-likeness (QED) is 0.445. The summed E-state index contributed by atoms with van der Waals surface area (Å²) in [6.45, 7) is 6.22. The Morgan fingerprint density at radius 1 is 1.53 bits per heavy atom. The van der Waals surface area contributed by atoms with E-state index in [4.69, 9.17) is 5.73 Å². The summed E-state index contributed by atoms with van der Waals surface area (Å²) >= 11 is 0. The molecule has 0 aromatic rings. The molecule has 1 rings (SSSR count). The molecule has 0 heterocycles. The summed E-state index contributed by atoms with van der Waals surface area (Å²) in [4.78, 5) is 10.6. The van der Waals surface area contributed by atoms with Crippen molar-refractivity contribution in [3.05, 3.63) is 23.3 Å². The van der Waals surface area contributed by atoms with Crippen LogP contribution in [0, 0.1) is 5.92 Å². The van der Waals surface area contributed by atoms with Crippen LogP contribution < -0.4 is 11.2 Å². The van der Waals surface area contributed by atoms with Crippen molar-refractivity contribution in [3.8, 4) is 0 Å². The molecule has 1 unspecified atom stereocenters. The number of primary amides is 1. The maximum atomic E-state index is 10.6. The van der Waals surface area contributed by atoms with Gasteiger partial charge in [-0.1, -0.05) is 23.3 Å². The Morgan fingerprint density at radius 3 is 2.79 bits per heavy atom. The van der Waals surface area contributed by atoms with Gasteiger partial charge in [-0.05, 0) is 52.9 Å². The zero-order chi connectivity index (χ0) is 14.3. The van der Waals surface area contributed by atoms with Crippen LogP contribution in [0.3, 0.4) is 0 Å². The van der Waals surface area contributed by atoms with Crippen molar-refractivity contribution in [2.75, 3.05) is 0 Å². The molecule has 0 saturated carbocycles. The van der Waals surface area contributed by atoms with Crippen molar-refractivity contribution in [1.29, 1.82) is 0 Å². The number of urea groups is 1. The van der Waals surface area contributed by atoms with Crippen LogP contribution in [0.1, 0.15) is 52.9 Å². The molecule has 19 heavy (non-hydrogen) atoms. The molecule has 0 spiro atoms. The first kappa shape index (κ1) is 15.5. The van der Waals surface area contributed by atoms with E-state index in [1.807, 2.05) is 6.92 Å². The van der Waals surface area contributed by atoms with Gasteiger partial charge in [-0.15, -0.1) is 0 Å². The topological polar surface area (TPSA) is 67.5 Å². The van der Waals surface area contributed by atoms with Crippen molar-refractivity contribution in [3.63, 3.8) is 0 Å². The summed E-state index contributed by atoms with van der Waals surface area (Å²) in [6.07, 6.45) is 10.2. The molecule has 2 amide bonds. The highest BCUT2D eigenvalue weighted by atomic mass is 16.2. The second-order valence-electron chi connectivity index (χ2n) is 5.38. The lowest BCUT2D eigenvalue weighted by molar-refractivity contribution is 0.249. The van der Waals surface area contributed by atoms with Crippen LogP contribution in [-0.4, -0.2) is 11.7 Å². The number of rotatable bonds is 5. The lowest BCUT2D eigenvalue weighted by atomic mass is 9.85. The first-order valence-electron chi connectivity index (χ1n) is 6.90. The number of carbonyl (C=O) groups is 1. The molecule has 0 aliphatic heterocycles. The average Bonchev–Trinajstić information content (AvgIpc) is 2.36. The normalized spacial score (nSPS) is 19.6. The lowest BCUT2D eigenvalue weighted by Gasteiger charge is -2.21. The molecular formula is C15H25N3O. The number of amides is 2. The van der Waals surface area contributed by atoms with Crippen molar-refractivity contribution in [1.82, 2.24) is 5.43 Å². The SMILES string of the molecule is CC(C)=CCCC1=CCC(/C(C)=N\NC(N)=O)CC1. The minimum atomic E-state index is -0.604. The zero-order valence-electron chi connectivity index (χ0n) is 12.2. The van der Waals surface area contributed by atoms with E-state index in [-0.39, 0.29) is 0 Å². The predicted molar refractivity (Wildman–Crippen MR) is 79.9 cm³/mol. The van der Waals surface area contributed by atoms with E-state index in [9.17, 15) is 4.79 Å². The van der Waals surface area contributed by atoms with Gasteiger partial charge in [-0.25, -0.2) is 10.2 Å². The fraction of sp³-hybridized carbons (Fsp3) is 0.600. The molecule has 0 fully saturated rings.